The Morgan fingerprint density at radius 1 is 1.06 bits per heavy atom. The van der Waals surface area contributed by atoms with E-state index in [1.807, 2.05) is 0 Å². The third kappa shape index (κ3) is 2.68. The van der Waals surface area contributed by atoms with Crippen LogP contribution in [0.4, 0.5) is 24.5 Å². The summed E-state index contributed by atoms with van der Waals surface area (Å²) in [6.45, 7) is 0. The van der Waals surface area contributed by atoms with E-state index in [2.05, 4.69) is 6.07 Å². The van der Waals surface area contributed by atoms with Crippen LogP contribution in [0.5, 0.6) is 0 Å². The Kier molecular flexibility index (Phi) is 4.62. The van der Waals surface area contributed by atoms with Gasteiger partial charge in [0, 0.05) is 41.7 Å². The number of nitrogens with zero attached hydrogens (tertiary/aromatic N) is 3. The number of halogens is 3. The van der Waals surface area contributed by atoms with Crippen LogP contribution in [0.3, 0.4) is 0 Å². The molecular formula is C25H19F3N4O2. The Morgan fingerprint density at radius 3 is 2.38 bits per heavy atom. The van der Waals surface area contributed by atoms with Crippen molar-refractivity contribution in [2.24, 2.45) is 5.73 Å². The van der Waals surface area contributed by atoms with Crippen LogP contribution in [0, 0.1) is 11.3 Å². The summed E-state index contributed by atoms with van der Waals surface area (Å²) >= 11 is 0. The molecule has 2 aliphatic heterocycles. The van der Waals surface area contributed by atoms with Gasteiger partial charge < -0.3 is 10.6 Å². The molecule has 0 aromatic heterocycles. The van der Waals surface area contributed by atoms with Crippen LogP contribution in [-0.4, -0.2) is 18.7 Å². The third-order valence-corrected chi connectivity index (χ3v) is 6.76. The van der Waals surface area contributed by atoms with Gasteiger partial charge in [0.1, 0.15) is 17.3 Å². The van der Waals surface area contributed by atoms with Crippen molar-refractivity contribution >= 4 is 23.1 Å². The highest BCUT2D eigenvalue weighted by atomic mass is 19.4. The summed E-state index contributed by atoms with van der Waals surface area (Å²) in [5, 5.41) is 10.2. The van der Waals surface area contributed by atoms with E-state index in [9.17, 15) is 28.0 Å². The first-order valence-electron chi connectivity index (χ1n) is 10.7. The van der Waals surface area contributed by atoms with Gasteiger partial charge in [-0.2, -0.15) is 18.4 Å². The number of alkyl halides is 3. The molecule has 1 amide bonds. The molecule has 172 valence electrons. The third-order valence-electron chi connectivity index (χ3n) is 6.76. The fourth-order valence-electron chi connectivity index (χ4n) is 5.33. The first-order chi connectivity index (χ1) is 16.1. The Labute approximate surface area is 193 Å². The number of hydrogen-bond donors (Lipinski definition) is 1. The zero-order valence-corrected chi connectivity index (χ0v) is 18.1. The number of Topliss-reactive ketones (excluding diaryl/α,β-unsaturated/α-hetero) is 1. The number of nitriles is 1. The Balaban J connectivity index is 1.82. The fraction of sp³-hybridized carbons (Fsp3) is 0.240. The number of amides is 1. The molecule has 34 heavy (non-hydrogen) atoms. The first kappa shape index (κ1) is 21.8. The molecule has 0 bridgehead atoms. The molecule has 2 heterocycles. The molecule has 9 heteroatoms. The lowest BCUT2D eigenvalue weighted by atomic mass is 9.64. The molecular weight excluding hydrogens is 445 g/mol. The summed E-state index contributed by atoms with van der Waals surface area (Å²) in [5.74, 6) is -0.811. The summed E-state index contributed by atoms with van der Waals surface area (Å²) in [6.07, 6.45) is -3.45. The van der Waals surface area contributed by atoms with E-state index in [0.717, 1.165) is 12.1 Å². The molecule has 2 N–H and O–H groups in total. The van der Waals surface area contributed by atoms with E-state index in [-0.39, 0.29) is 34.9 Å². The monoisotopic (exact) mass is 464 g/mol. The smallest absolute Gasteiger partial charge is 0.384 e. The van der Waals surface area contributed by atoms with Gasteiger partial charge in [0.05, 0.1) is 11.1 Å². The SMILES string of the molecule is CN1C(=O)[C@@]2(C(C#N)=C(N)N(c3ccc(C(F)(F)F)cc3)C3=C2C(=O)CCC3)c2ccccc21. The minimum absolute atomic E-state index is 0.0749. The van der Waals surface area contributed by atoms with Crippen LogP contribution >= 0.6 is 0 Å². The molecule has 1 spiro atoms. The van der Waals surface area contributed by atoms with E-state index in [1.54, 1.807) is 31.3 Å². The maximum atomic E-state index is 13.8. The van der Waals surface area contributed by atoms with Gasteiger partial charge in [-0.3, -0.25) is 14.5 Å². The lowest BCUT2D eigenvalue weighted by Gasteiger charge is -2.43. The fourth-order valence-corrected chi connectivity index (χ4v) is 5.33. The van der Waals surface area contributed by atoms with Gasteiger partial charge in [-0.05, 0) is 43.2 Å². The van der Waals surface area contributed by atoms with Crippen LogP contribution in [0.1, 0.15) is 30.4 Å². The molecule has 0 saturated carbocycles. The van der Waals surface area contributed by atoms with E-state index in [1.165, 1.54) is 21.9 Å². The topological polar surface area (TPSA) is 90.4 Å². The second-order valence-electron chi connectivity index (χ2n) is 8.48. The zero-order valence-electron chi connectivity index (χ0n) is 18.1. The maximum absolute atomic E-state index is 13.8. The second kappa shape index (κ2) is 7.22. The number of fused-ring (bicyclic) bond motifs is 3. The largest absolute Gasteiger partial charge is 0.416 e. The minimum Gasteiger partial charge on any atom is -0.384 e. The number of ketones is 1. The molecule has 0 unspecified atom stereocenters. The molecule has 2 aromatic rings. The zero-order chi connectivity index (χ0) is 24.4. The highest BCUT2D eigenvalue weighted by molar-refractivity contribution is 6.20. The number of carbonyl (C=O) groups is 2. The quantitative estimate of drug-likeness (QED) is 0.685. The van der Waals surface area contributed by atoms with Crippen molar-refractivity contribution in [3.8, 4) is 6.07 Å². The lowest BCUT2D eigenvalue weighted by Crippen LogP contribution is -2.52. The van der Waals surface area contributed by atoms with Crippen LogP contribution in [0.25, 0.3) is 0 Å². The molecule has 6 nitrogen and oxygen atoms in total. The number of likely N-dealkylation sites (N-methyl/N-ethyl adjacent to an activating group) is 1. The summed E-state index contributed by atoms with van der Waals surface area (Å²) < 4.78 is 39.3. The summed E-state index contributed by atoms with van der Waals surface area (Å²) in [5.41, 5.74) is 5.84. The number of hydrogen-bond acceptors (Lipinski definition) is 5. The number of carbonyl (C=O) groups excluding carboxylic acids is 2. The van der Waals surface area contributed by atoms with E-state index < -0.39 is 23.1 Å². The normalized spacial score (nSPS) is 22.3. The number of rotatable bonds is 1. The predicted octanol–water partition coefficient (Wildman–Crippen LogP) is 4.14. The van der Waals surface area contributed by atoms with Crippen molar-refractivity contribution in [2.45, 2.75) is 30.9 Å². The number of nitrogens with two attached hydrogens (primary N) is 1. The van der Waals surface area contributed by atoms with E-state index >= 15 is 0 Å². The predicted molar refractivity (Wildman–Crippen MR) is 118 cm³/mol. The Bertz CT molecular complexity index is 1350. The van der Waals surface area contributed by atoms with Gasteiger partial charge in [0.2, 0.25) is 5.91 Å². The Morgan fingerprint density at radius 2 is 1.74 bits per heavy atom. The molecule has 5 rings (SSSR count). The van der Waals surface area contributed by atoms with E-state index in [0.29, 0.717) is 29.8 Å². The Hall–Kier alpha value is -4.06. The summed E-state index contributed by atoms with van der Waals surface area (Å²) in [6, 6.07) is 13.4. The highest BCUT2D eigenvalue weighted by Crippen LogP contribution is 2.56. The average molecular weight is 464 g/mol. The summed E-state index contributed by atoms with van der Waals surface area (Å²) in [7, 11) is 1.58. The van der Waals surface area contributed by atoms with Gasteiger partial charge in [0.15, 0.2) is 5.78 Å². The molecule has 1 atom stereocenters. The number of benzene rings is 2. The highest BCUT2D eigenvalue weighted by Gasteiger charge is 2.61. The van der Waals surface area contributed by atoms with Crippen LogP contribution in [0.2, 0.25) is 0 Å². The van der Waals surface area contributed by atoms with Gasteiger partial charge >= 0.3 is 6.18 Å². The van der Waals surface area contributed by atoms with Crippen molar-refractivity contribution < 1.29 is 22.8 Å². The van der Waals surface area contributed by atoms with Crippen molar-refractivity contribution in [3.63, 3.8) is 0 Å². The van der Waals surface area contributed by atoms with Crippen molar-refractivity contribution in [1.29, 1.82) is 5.26 Å². The van der Waals surface area contributed by atoms with Crippen LogP contribution in [0.15, 0.2) is 71.2 Å². The van der Waals surface area contributed by atoms with Crippen molar-refractivity contribution in [2.75, 3.05) is 16.8 Å². The average Bonchev–Trinajstić information content (AvgIpc) is 3.02. The number of anilines is 2. The van der Waals surface area contributed by atoms with Gasteiger partial charge in [0.25, 0.3) is 0 Å². The molecule has 0 radical (unpaired) electrons. The maximum Gasteiger partial charge on any atom is 0.416 e. The van der Waals surface area contributed by atoms with Crippen LogP contribution < -0.4 is 15.5 Å². The summed E-state index contributed by atoms with van der Waals surface area (Å²) in [4.78, 5) is 30.1. The lowest BCUT2D eigenvalue weighted by molar-refractivity contribution is -0.137. The molecule has 0 fully saturated rings. The molecule has 1 aliphatic carbocycles. The standard InChI is InChI=1S/C25H19F3N4O2/c1-31-18-6-3-2-5-16(18)24(23(31)34)17(13-29)22(30)32(19-7-4-8-20(33)21(19)24)15-11-9-14(10-12-15)25(26,27)28/h2-3,5-6,9-12H,4,7-8,30H2,1H3/t24-/m1/s1. The van der Waals surface area contributed by atoms with Crippen LogP contribution in [-0.2, 0) is 21.2 Å². The molecule has 3 aliphatic rings. The molecule has 0 saturated heterocycles. The van der Waals surface area contributed by atoms with Crippen molar-refractivity contribution in [1.82, 2.24) is 0 Å². The second-order valence-corrected chi connectivity index (χ2v) is 8.48. The van der Waals surface area contributed by atoms with E-state index in [4.69, 9.17) is 5.73 Å². The molecule has 2 aromatic carbocycles. The van der Waals surface area contributed by atoms with Gasteiger partial charge in [-0.1, -0.05) is 18.2 Å². The number of para-hydroxylation sites is 1. The van der Waals surface area contributed by atoms with Crippen molar-refractivity contribution in [3.05, 3.63) is 82.3 Å². The number of allylic oxidation sites excluding steroid dienone is 1. The minimum atomic E-state index is -4.51. The first-order valence-corrected chi connectivity index (χ1v) is 10.7. The van der Waals surface area contributed by atoms with Gasteiger partial charge in [-0.15, -0.1) is 0 Å². The van der Waals surface area contributed by atoms with Gasteiger partial charge in [-0.25, -0.2) is 0 Å².